The summed E-state index contributed by atoms with van der Waals surface area (Å²) < 4.78 is 0. The number of fused-ring (bicyclic) bond motifs is 14. The van der Waals surface area contributed by atoms with Crippen LogP contribution in [-0.4, -0.2) is 20.1 Å². The lowest BCUT2D eigenvalue weighted by Crippen LogP contribution is -2.72. The molecular formula is C55H37B3N4. The lowest BCUT2D eigenvalue weighted by molar-refractivity contribution is 0.670. The fourth-order valence-electron chi connectivity index (χ4n) is 12.7. The largest absolute Gasteiger partial charge is 0.315 e. The van der Waals surface area contributed by atoms with Crippen molar-refractivity contribution in [1.82, 2.24) is 0 Å². The highest BCUT2D eigenvalue weighted by Crippen LogP contribution is 2.49. The van der Waals surface area contributed by atoms with Gasteiger partial charge in [0.1, 0.15) is 0 Å². The molecule has 4 nitrogen and oxygen atoms in total. The average molecular weight is 786 g/mol. The fourth-order valence-corrected chi connectivity index (χ4v) is 12.7. The van der Waals surface area contributed by atoms with E-state index in [2.05, 4.69) is 215 Å². The van der Waals surface area contributed by atoms with Crippen molar-refractivity contribution in [2.45, 2.75) is 13.3 Å². The molecule has 0 radical (unpaired) electrons. The van der Waals surface area contributed by atoms with Crippen LogP contribution in [0, 0.1) is 5.92 Å². The zero-order valence-electron chi connectivity index (χ0n) is 34.2. The van der Waals surface area contributed by atoms with Gasteiger partial charge in [0.25, 0.3) is 20.1 Å². The second-order valence-corrected chi connectivity index (χ2v) is 18.0. The lowest BCUT2D eigenvalue weighted by atomic mass is 9.25. The number of anilines is 11. The summed E-state index contributed by atoms with van der Waals surface area (Å²) in [6.45, 7) is 2.53. The summed E-state index contributed by atoms with van der Waals surface area (Å²) in [7, 11) is 0. The number of benzene rings is 8. The third-order valence-electron chi connectivity index (χ3n) is 15.0. The van der Waals surface area contributed by atoms with E-state index in [4.69, 9.17) is 0 Å². The zero-order chi connectivity index (χ0) is 40.4. The maximum absolute atomic E-state index is 2.68. The van der Waals surface area contributed by atoms with Crippen molar-refractivity contribution in [3.8, 4) is 0 Å². The van der Waals surface area contributed by atoms with Gasteiger partial charge in [-0.25, -0.2) is 0 Å². The molecule has 1 aliphatic carbocycles. The van der Waals surface area contributed by atoms with Gasteiger partial charge in [0, 0.05) is 74.2 Å². The van der Waals surface area contributed by atoms with Gasteiger partial charge in [-0.3, -0.25) is 0 Å². The molecule has 7 aliphatic rings. The van der Waals surface area contributed by atoms with E-state index in [1.54, 1.807) is 0 Å². The maximum Gasteiger partial charge on any atom is 0.252 e. The van der Waals surface area contributed by atoms with Crippen LogP contribution in [0.4, 0.5) is 62.6 Å². The topological polar surface area (TPSA) is 13.0 Å². The van der Waals surface area contributed by atoms with E-state index < -0.39 is 0 Å². The Labute approximate surface area is 362 Å². The maximum atomic E-state index is 2.68. The molecule has 0 fully saturated rings. The van der Waals surface area contributed by atoms with Crippen molar-refractivity contribution in [2.75, 3.05) is 19.6 Å². The van der Waals surface area contributed by atoms with Crippen LogP contribution in [0.1, 0.15) is 13.3 Å². The first-order chi connectivity index (χ1) is 30.8. The van der Waals surface area contributed by atoms with Crippen LogP contribution in [0.3, 0.4) is 0 Å². The normalized spacial score (nSPS) is 17.0. The van der Waals surface area contributed by atoms with Gasteiger partial charge in [0.05, 0.1) is 0 Å². The van der Waals surface area contributed by atoms with Crippen molar-refractivity contribution in [3.05, 3.63) is 194 Å². The van der Waals surface area contributed by atoms with E-state index >= 15 is 0 Å². The summed E-state index contributed by atoms with van der Waals surface area (Å²) in [6, 6.07) is 64.7. The van der Waals surface area contributed by atoms with E-state index in [0.29, 0.717) is 5.92 Å². The van der Waals surface area contributed by atoms with Crippen LogP contribution in [0.2, 0.25) is 0 Å². The lowest BCUT2D eigenvalue weighted by Gasteiger charge is -2.53. The van der Waals surface area contributed by atoms with Gasteiger partial charge in [-0.05, 0) is 122 Å². The Bertz CT molecular complexity index is 3380. The van der Waals surface area contributed by atoms with Gasteiger partial charge >= 0.3 is 0 Å². The van der Waals surface area contributed by atoms with Crippen LogP contribution in [0.15, 0.2) is 194 Å². The Morgan fingerprint density at radius 1 is 0.387 bits per heavy atom. The molecule has 0 N–H and O–H groups in total. The molecule has 1 unspecified atom stereocenters. The summed E-state index contributed by atoms with van der Waals surface area (Å²) in [4.78, 5) is 10.4. The highest BCUT2D eigenvalue weighted by Gasteiger charge is 2.54. The Hall–Kier alpha value is -7.37. The Morgan fingerprint density at radius 2 is 0.790 bits per heavy atom. The second-order valence-electron chi connectivity index (χ2n) is 18.0. The summed E-state index contributed by atoms with van der Waals surface area (Å²) in [5, 5.41) is 0. The van der Waals surface area contributed by atoms with Gasteiger partial charge < -0.3 is 19.6 Å². The molecule has 1 atom stereocenters. The first-order valence-corrected chi connectivity index (χ1v) is 22.2. The Kier molecular flexibility index (Phi) is 6.42. The summed E-state index contributed by atoms with van der Waals surface area (Å²) in [6.07, 6.45) is 7.95. The molecule has 0 amide bonds. The Morgan fingerprint density at radius 3 is 1.31 bits per heavy atom. The predicted molar refractivity (Wildman–Crippen MR) is 264 cm³/mol. The molecule has 15 rings (SSSR count). The molecule has 6 aliphatic heterocycles. The second kappa shape index (κ2) is 11.9. The van der Waals surface area contributed by atoms with E-state index in [0.717, 1.165) is 6.42 Å². The van der Waals surface area contributed by atoms with Gasteiger partial charge in [-0.1, -0.05) is 128 Å². The molecule has 7 heteroatoms. The molecule has 0 bridgehead atoms. The molecule has 8 aromatic rings. The van der Waals surface area contributed by atoms with Crippen molar-refractivity contribution in [2.24, 2.45) is 5.92 Å². The minimum absolute atomic E-state index is 0.0358. The summed E-state index contributed by atoms with van der Waals surface area (Å²) >= 11 is 0. The quantitative estimate of drug-likeness (QED) is 0.173. The number of rotatable bonds is 2. The highest BCUT2D eigenvalue weighted by atomic mass is 15.2. The third kappa shape index (κ3) is 3.99. The molecule has 0 saturated carbocycles. The molecule has 6 heterocycles. The monoisotopic (exact) mass is 786 g/mol. The molecule has 0 aromatic heterocycles. The van der Waals surface area contributed by atoms with Crippen LogP contribution in [0.5, 0.6) is 0 Å². The minimum Gasteiger partial charge on any atom is -0.315 e. The van der Waals surface area contributed by atoms with Crippen molar-refractivity contribution >= 4 is 132 Å². The van der Waals surface area contributed by atoms with E-state index in [1.807, 2.05) is 0 Å². The first-order valence-electron chi connectivity index (χ1n) is 22.2. The first kappa shape index (κ1) is 33.4. The van der Waals surface area contributed by atoms with Gasteiger partial charge in [0.2, 0.25) is 0 Å². The van der Waals surface area contributed by atoms with Crippen LogP contribution in [0.25, 0.3) is 0 Å². The highest BCUT2D eigenvalue weighted by molar-refractivity contribution is 7.07. The molecule has 286 valence electrons. The molecular weight excluding hydrogens is 749 g/mol. The summed E-state index contributed by atoms with van der Waals surface area (Å²) in [5.41, 5.74) is 27.8. The van der Waals surface area contributed by atoms with Gasteiger partial charge in [-0.15, -0.1) is 0 Å². The SMILES string of the molecule is CC1CC=CC=C1N1c2ccccc2B2c3cc4c5c6c3N(c3ccccc3B6c3ccccc3N5c3cccc5c3B4c3ccccc3N5c3ccccc3)c3cccc1c32. The van der Waals surface area contributed by atoms with Crippen molar-refractivity contribution in [1.29, 1.82) is 0 Å². The third-order valence-corrected chi connectivity index (χ3v) is 15.0. The molecule has 62 heavy (non-hydrogen) atoms. The number of allylic oxidation sites excluding steroid dienone is 4. The minimum atomic E-state index is 0.0358. The molecule has 8 aromatic carbocycles. The fraction of sp³-hybridized carbons (Fsp3) is 0.0545. The van der Waals surface area contributed by atoms with Crippen LogP contribution in [-0.2, 0) is 0 Å². The number of nitrogens with zero attached hydrogens (tertiary/aromatic N) is 4. The van der Waals surface area contributed by atoms with Crippen LogP contribution >= 0.6 is 0 Å². The van der Waals surface area contributed by atoms with Gasteiger partial charge in [0.15, 0.2) is 0 Å². The molecule has 0 spiro atoms. The van der Waals surface area contributed by atoms with E-state index in [1.165, 1.54) is 117 Å². The Balaban J connectivity index is 1.10. The zero-order valence-corrected chi connectivity index (χ0v) is 34.2. The number of hydrogen-bond donors (Lipinski definition) is 0. The summed E-state index contributed by atoms with van der Waals surface area (Å²) in [5.74, 6) is 0.395. The number of hydrogen-bond acceptors (Lipinski definition) is 4. The van der Waals surface area contributed by atoms with Crippen LogP contribution < -0.4 is 68.8 Å². The number of para-hydroxylation sites is 5. The predicted octanol–water partition coefficient (Wildman–Crippen LogP) is 7.14. The average Bonchev–Trinajstić information content (AvgIpc) is 3.33. The smallest absolute Gasteiger partial charge is 0.252 e. The molecule has 0 saturated heterocycles. The standard InChI is InChI=1S/C55H37B3N4/c1-34-17-5-10-24-42(34)60-44-26-12-7-21-37(44)58-41-33-40-54-53-55(41)62(50-32-16-30-48(60)52(50)58)46-28-14-9-23-39(46)56(53)38-22-8-13-27-45(38)61(54)49-31-15-29-47-51(49)57(40)36-20-6-11-25-43(36)59(47)35-18-3-2-4-19-35/h2-16,18-34H,17H2,1H3. The van der Waals surface area contributed by atoms with E-state index in [-0.39, 0.29) is 20.1 Å². The van der Waals surface area contributed by atoms with Crippen molar-refractivity contribution in [3.63, 3.8) is 0 Å². The van der Waals surface area contributed by atoms with Gasteiger partial charge in [-0.2, -0.15) is 0 Å². The van der Waals surface area contributed by atoms with E-state index in [9.17, 15) is 0 Å². The van der Waals surface area contributed by atoms with Crippen molar-refractivity contribution < 1.29 is 0 Å².